The van der Waals surface area contributed by atoms with E-state index in [1.54, 1.807) is 0 Å². The van der Waals surface area contributed by atoms with Crippen LogP contribution in [0.25, 0.3) is 0 Å². The van der Waals surface area contributed by atoms with Gasteiger partial charge >= 0.3 is 5.97 Å². The van der Waals surface area contributed by atoms with Crippen molar-refractivity contribution in [1.82, 2.24) is 0 Å². The summed E-state index contributed by atoms with van der Waals surface area (Å²) in [5, 5.41) is 0. The van der Waals surface area contributed by atoms with E-state index in [2.05, 4.69) is 25.5 Å². The third-order valence-corrected chi connectivity index (χ3v) is 1.89. The van der Waals surface area contributed by atoms with E-state index in [4.69, 9.17) is 4.74 Å². The van der Waals surface area contributed by atoms with Crippen molar-refractivity contribution in [2.75, 3.05) is 20.3 Å². The van der Waals surface area contributed by atoms with E-state index < -0.39 is 0 Å². The summed E-state index contributed by atoms with van der Waals surface area (Å²) >= 11 is 0. The van der Waals surface area contributed by atoms with Crippen molar-refractivity contribution >= 4 is 5.97 Å². The van der Waals surface area contributed by atoms with Crippen LogP contribution in [-0.4, -0.2) is 26.3 Å². The van der Waals surface area contributed by atoms with Gasteiger partial charge in [-0.1, -0.05) is 20.8 Å². The minimum absolute atomic E-state index is 0.163. The van der Waals surface area contributed by atoms with Gasteiger partial charge in [0.05, 0.1) is 7.11 Å². The molecule has 0 aliphatic carbocycles. The standard InChI is InChI=1S/C11H22O3/c1-11(2,3)7-9-14-8-5-6-10(12)13-4/h5-9H2,1-4H3. The van der Waals surface area contributed by atoms with Crippen molar-refractivity contribution in [3.05, 3.63) is 0 Å². The fraction of sp³-hybridized carbons (Fsp3) is 0.909. The average Bonchev–Trinajstić information content (AvgIpc) is 2.08. The zero-order valence-electron chi connectivity index (χ0n) is 9.76. The van der Waals surface area contributed by atoms with Gasteiger partial charge in [-0.3, -0.25) is 4.79 Å². The summed E-state index contributed by atoms with van der Waals surface area (Å²) in [4.78, 5) is 10.7. The van der Waals surface area contributed by atoms with Gasteiger partial charge in [-0.15, -0.1) is 0 Å². The molecule has 0 aliphatic heterocycles. The van der Waals surface area contributed by atoms with Gasteiger partial charge in [0.1, 0.15) is 0 Å². The second-order valence-corrected chi connectivity index (χ2v) is 4.60. The van der Waals surface area contributed by atoms with E-state index in [1.807, 2.05) is 0 Å². The molecule has 0 N–H and O–H groups in total. The molecule has 84 valence electrons. The Morgan fingerprint density at radius 1 is 1.21 bits per heavy atom. The Hall–Kier alpha value is -0.570. The highest BCUT2D eigenvalue weighted by atomic mass is 16.5. The quantitative estimate of drug-likeness (QED) is 0.490. The van der Waals surface area contributed by atoms with Crippen molar-refractivity contribution in [3.8, 4) is 0 Å². The van der Waals surface area contributed by atoms with Crippen LogP contribution in [0.15, 0.2) is 0 Å². The largest absolute Gasteiger partial charge is 0.469 e. The Balaban J connectivity index is 3.18. The highest BCUT2D eigenvalue weighted by Crippen LogP contribution is 2.17. The van der Waals surface area contributed by atoms with Gasteiger partial charge in [0.25, 0.3) is 0 Å². The van der Waals surface area contributed by atoms with E-state index in [0.29, 0.717) is 18.4 Å². The molecule has 0 bridgehead atoms. The molecule has 0 unspecified atom stereocenters. The Kier molecular flexibility index (Phi) is 6.54. The lowest BCUT2D eigenvalue weighted by Crippen LogP contribution is -2.10. The maximum atomic E-state index is 10.7. The molecule has 0 radical (unpaired) electrons. The zero-order valence-corrected chi connectivity index (χ0v) is 9.76. The molecule has 0 rings (SSSR count). The predicted octanol–water partition coefficient (Wildman–Crippen LogP) is 2.39. The lowest BCUT2D eigenvalue weighted by molar-refractivity contribution is -0.141. The molecule has 3 heteroatoms. The van der Waals surface area contributed by atoms with Crippen molar-refractivity contribution in [2.45, 2.75) is 40.0 Å². The molecule has 0 fully saturated rings. The van der Waals surface area contributed by atoms with Crippen LogP contribution in [0.5, 0.6) is 0 Å². The molecule has 0 aromatic carbocycles. The highest BCUT2D eigenvalue weighted by Gasteiger charge is 2.09. The van der Waals surface area contributed by atoms with E-state index in [9.17, 15) is 4.79 Å². The fourth-order valence-electron chi connectivity index (χ4n) is 0.901. The topological polar surface area (TPSA) is 35.5 Å². The number of hydrogen-bond donors (Lipinski definition) is 0. The molecule has 0 heterocycles. The van der Waals surface area contributed by atoms with Crippen molar-refractivity contribution < 1.29 is 14.3 Å². The molecular formula is C11H22O3. The zero-order chi connectivity index (χ0) is 11.0. The molecule has 14 heavy (non-hydrogen) atoms. The Bertz CT molecular complexity index is 158. The van der Waals surface area contributed by atoms with Crippen LogP contribution in [0.4, 0.5) is 0 Å². The van der Waals surface area contributed by atoms with E-state index in [-0.39, 0.29) is 5.97 Å². The van der Waals surface area contributed by atoms with Gasteiger partial charge in [-0.2, -0.15) is 0 Å². The molecule has 0 saturated heterocycles. The first-order valence-electron chi connectivity index (χ1n) is 5.10. The highest BCUT2D eigenvalue weighted by molar-refractivity contribution is 5.68. The molecule has 0 aromatic heterocycles. The van der Waals surface area contributed by atoms with Crippen LogP contribution in [-0.2, 0) is 14.3 Å². The lowest BCUT2D eigenvalue weighted by atomic mass is 9.93. The fourth-order valence-corrected chi connectivity index (χ4v) is 0.901. The van der Waals surface area contributed by atoms with E-state index >= 15 is 0 Å². The van der Waals surface area contributed by atoms with Gasteiger partial charge in [0.2, 0.25) is 0 Å². The maximum Gasteiger partial charge on any atom is 0.305 e. The summed E-state index contributed by atoms with van der Waals surface area (Å²) in [6.07, 6.45) is 2.24. The molecule has 0 atom stereocenters. The van der Waals surface area contributed by atoms with Crippen LogP contribution in [0.1, 0.15) is 40.0 Å². The summed E-state index contributed by atoms with van der Waals surface area (Å²) in [5.74, 6) is -0.163. The number of carbonyl (C=O) groups is 1. The minimum atomic E-state index is -0.163. The molecule has 0 amide bonds. The van der Waals surface area contributed by atoms with Crippen LogP contribution < -0.4 is 0 Å². The molecule has 0 aromatic rings. The number of ether oxygens (including phenoxy) is 2. The van der Waals surface area contributed by atoms with E-state index in [0.717, 1.165) is 19.4 Å². The van der Waals surface area contributed by atoms with E-state index in [1.165, 1.54) is 7.11 Å². The maximum absolute atomic E-state index is 10.7. The Morgan fingerprint density at radius 2 is 1.86 bits per heavy atom. The van der Waals surface area contributed by atoms with Gasteiger partial charge in [-0.05, 0) is 18.3 Å². The Morgan fingerprint density at radius 3 is 2.36 bits per heavy atom. The lowest BCUT2D eigenvalue weighted by Gasteiger charge is -2.17. The normalized spacial score (nSPS) is 11.4. The number of rotatable bonds is 6. The van der Waals surface area contributed by atoms with Crippen molar-refractivity contribution in [3.63, 3.8) is 0 Å². The molecule has 3 nitrogen and oxygen atoms in total. The van der Waals surface area contributed by atoms with Gasteiger partial charge < -0.3 is 9.47 Å². The summed E-state index contributed by atoms with van der Waals surface area (Å²) < 4.78 is 9.91. The first-order valence-corrected chi connectivity index (χ1v) is 5.10. The van der Waals surface area contributed by atoms with Crippen LogP contribution in [0.2, 0.25) is 0 Å². The number of methoxy groups -OCH3 is 1. The average molecular weight is 202 g/mol. The molecule has 0 aliphatic rings. The van der Waals surface area contributed by atoms with Crippen molar-refractivity contribution in [1.29, 1.82) is 0 Å². The summed E-state index contributed by atoms with van der Waals surface area (Å²) in [6, 6.07) is 0. The SMILES string of the molecule is COC(=O)CCCOCCC(C)(C)C. The summed E-state index contributed by atoms with van der Waals surface area (Å²) in [6.45, 7) is 7.97. The van der Waals surface area contributed by atoms with Gasteiger partial charge in [0, 0.05) is 19.6 Å². The monoisotopic (exact) mass is 202 g/mol. The van der Waals surface area contributed by atoms with Crippen LogP contribution in [0, 0.1) is 5.41 Å². The van der Waals surface area contributed by atoms with Crippen LogP contribution >= 0.6 is 0 Å². The number of hydrogen-bond acceptors (Lipinski definition) is 3. The number of esters is 1. The van der Waals surface area contributed by atoms with Gasteiger partial charge in [-0.25, -0.2) is 0 Å². The Labute approximate surface area is 86.8 Å². The minimum Gasteiger partial charge on any atom is -0.469 e. The number of carbonyl (C=O) groups excluding carboxylic acids is 1. The smallest absolute Gasteiger partial charge is 0.305 e. The molecular weight excluding hydrogens is 180 g/mol. The third-order valence-electron chi connectivity index (χ3n) is 1.89. The predicted molar refractivity (Wildman–Crippen MR) is 56.1 cm³/mol. The van der Waals surface area contributed by atoms with Crippen molar-refractivity contribution in [2.24, 2.45) is 5.41 Å². The molecule has 0 saturated carbocycles. The summed E-state index contributed by atoms with van der Waals surface area (Å²) in [7, 11) is 1.41. The second kappa shape index (κ2) is 6.82. The molecule has 0 spiro atoms. The second-order valence-electron chi connectivity index (χ2n) is 4.60. The third kappa shape index (κ3) is 9.52. The first kappa shape index (κ1) is 13.4. The van der Waals surface area contributed by atoms with Gasteiger partial charge in [0.15, 0.2) is 0 Å². The summed E-state index contributed by atoms with van der Waals surface area (Å²) in [5.41, 5.74) is 0.322. The van der Waals surface area contributed by atoms with Crippen LogP contribution in [0.3, 0.4) is 0 Å². The first-order chi connectivity index (χ1) is 6.45.